The first-order chi connectivity index (χ1) is 16.2. The summed E-state index contributed by atoms with van der Waals surface area (Å²) in [4.78, 5) is 4.60. The van der Waals surface area contributed by atoms with Crippen LogP contribution in [0.2, 0.25) is 0 Å². The molecule has 0 spiro atoms. The third kappa shape index (κ3) is 3.34. The summed E-state index contributed by atoms with van der Waals surface area (Å²) in [7, 11) is 0. The summed E-state index contributed by atoms with van der Waals surface area (Å²) >= 11 is 0. The molecule has 0 saturated heterocycles. The third-order valence-electron chi connectivity index (χ3n) is 5.83. The number of benzene rings is 3. The predicted molar refractivity (Wildman–Crippen MR) is 132 cm³/mol. The van der Waals surface area contributed by atoms with Crippen LogP contribution in [0.3, 0.4) is 0 Å². The molecule has 6 rings (SSSR count). The minimum absolute atomic E-state index is 0.764. The summed E-state index contributed by atoms with van der Waals surface area (Å²) in [5, 5.41) is 6.95. The average molecular weight is 431 g/mol. The fraction of sp³-hybridized carbons (Fsp3) is 0.0714. The van der Waals surface area contributed by atoms with Crippen molar-refractivity contribution in [1.29, 1.82) is 0 Å². The van der Waals surface area contributed by atoms with Crippen molar-refractivity contribution in [2.45, 2.75) is 13.8 Å². The molecule has 3 aromatic heterocycles. The van der Waals surface area contributed by atoms with Crippen LogP contribution in [0.25, 0.3) is 33.3 Å². The zero-order valence-corrected chi connectivity index (χ0v) is 18.4. The van der Waals surface area contributed by atoms with Gasteiger partial charge < -0.3 is 4.74 Å². The monoisotopic (exact) mass is 430 g/mol. The van der Waals surface area contributed by atoms with Crippen LogP contribution in [0, 0.1) is 13.8 Å². The first-order valence-electron chi connectivity index (χ1n) is 10.9. The van der Waals surface area contributed by atoms with Crippen molar-refractivity contribution in [3.8, 4) is 23.0 Å². The van der Waals surface area contributed by atoms with E-state index >= 15 is 0 Å². The second-order valence-corrected chi connectivity index (χ2v) is 8.16. The average Bonchev–Trinajstić information content (AvgIpc) is 3.35. The van der Waals surface area contributed by atoms with Crippen molar-refractivity contribution < 1.29 is 4.74 Å². The summed E-state index contributed by atoms with van der Waals surface area (Å²) < 4.78 is 10.4. The molecule has 0 saturated carbocycles. The molecule has 33 heavy (non-hydrogen) atoms. The van der Waals surface area contributed by atoms with Gasteiger partial charge in [0.15, 0.2) is 0 Å². The number of para-hydroxylation sites is 1. The van der Waals surface area contributed by atoms with E-state index in [1.54, 1.807) is 0 Å². The number of ether oxygens (including phenoxy) is 1. The van der Waals surface area contributed by atoms with Crippen molar-refractivity contribution in [3.63, 3.8) is 0 Å². The van der Waals surface area contributed by atoms with Gasteiger partial charge in [-0.2, -0.15) is 5.10 Å². The van der Waals surface area contributed by atoms with E-state index < -0.39 is 0 Å². The highest BCUT2D eigenvalue weighted by Gasteiger charge is 2.14. The van der Waals surface area contributed by atoms with Gasteiger partial charge in [0, 0.05) is 34.8 Å². The van der Waals surface area contributed by atoms with Crippen LogP contribution < -0.4 is 4.74 Å². The third-order valence-corrected chi connectivity index (χ3v) is 5.83. The van der Waals surface area contributed by atoms with Gasteiger partial charge in [-0.3, -0.25) is 4.57 Å². The molecule has 0 aliphatic carbocycles. The molecule has 0 bridgehead atoms. The van der Waals surface area contributed by atoms with E-state index in [4.69, 9.17) is 4.74 Å². The zero-order valence-electron chi connectivity index (χ0n) is 18.4. The Morgan fingerprint density at radius 3 is 2.33 bits per heavy atom. The Kier molecular flexibility index (Phi) is 4.47. The fourth-order valence-corrected chi connectivity index (χ4v) is 4.45. The van der Waals surface area contributed by atoms with Crippen LogP contribution >= 0.6 is 0 Å². The number of pyridine rings is 1. The molecule has 0 N–H and O–H groups in total. The smallest absolute Gasteiger partial charge is 0.137 e. The van der Waals surface area contributed by atoms with Crippen LogP contribution in [-0.4, -0.2) is 19.3 Å². The van der Waals surface area contributed by atoms with Crippen molar-refractivity contribution in [1.82, 2.24) is 19.3 Å². The maximum atomic E-state index is 6.31. The van der Waals surface area contributed by atoms with Crippen LogP contribution in [0.1, 0.15) is 11.4 Å². The quantitative estimate of drug-likeness (QED) is 0.310. The van der Waals surface area contributed by atoms with Crippen molar-refractivity contribution in [2.24, 2.45) is 0 Å². The molecule has 160 valence electrons. The van der Waals surface area contributed by atoms with Gasteiger partial charge in [-0.15, -0.1) is 0 Å². The molecule has 0 unspecified atom stereocenters. The minimum Gasteiger partial charge on any atom is -0.457 e. The molecule has 6 aromatic rings. The minimum atomic E-state index is 0.764. The number of hydrogen-bond donors (Lipinski definition) is 0. The Bertz CT molecular complexity index is 1610. The molecule has 0 fully saturated rings. The highest BCUT2D eigenvalue weighted by molar-refractivity contribution is 6.09. The second-order valence-electron chi connectivity index (χ2n) is 8.16. The van der Waals surface area contributed by atoms with Crippen molar-refractivity contribution in [2.75, 3.05) is 0 Å². The Hall–Kier alpha value is -4.38. The predicted octanol–water partition coefficient (Wildman–Crippen LogP) is 6.77. The van der Waals surface area contributed by atoms with Gasteiger partial charge in [0.25, 0.3) is 0 Å². The normalized spacial score (nSPS) is 11.3. The van der Waals surface area contributed by atoms with Crippen LogP contribution in [0.4, 0.5) is 0 Å². The molecule has 3 aromatic carbocycles. The number of fused-ring (bicyclic) bond motifs is 3. The summed E-state index contributed by atoms with van der Waals surface area (Å²) in [5.74, 6) is 2.42. The van der Waals surface area contributed by atoms with Crippen LogP contribution in [0.5, 0.6) is 11.5 Å². The van der Waals surface area contributed by atoms with Crippen LogP contribution in [-0.2, 0) is 0 Å². The number of rotatable bonds is 4. The Balaban J connectivity index is 1.45. The highest BCUT2D eigenvalue weighted by atomic mass is 16.5. The lowest BCUT2D eigenvalue weighted by Gasteiger charge is -2.10. The lowest BCUT2D eigenvalue weighted by Crippen LogP contribution is -1.99. The first-order valence-corrected chi connectivity index (χ1v) is 10.9. The number of nitrogens with zero attached hydrogens (tertiary/aromatic N) is 4. The van der Waals surface area contributed by atoms with E-state index in [0.717, 1.165) is 45.4 Å². The van der Waals surface area contributed by atoms with Crippen molar-refractivity contribution >= 4 is 21.8 Å². The van der Waals surface area contributed by atoms with Crippen molar-refractivity contribution in [3.05, 3.63) is 109 Å². The number of aryl methyl sites for hydroxylation is 2. The Morgan fingerprint density at radius 1 is 0.697 bits per heavy atom. The van der Waals surface area contributed by atoms with E-state index in [1.807, 2.05) is 66.3 Å². The summed E-state index contributed by atoms with van der Waals surface area (Å²) in [5.41, 5.74) is 5.23. The topological polar surface area (TPSA) is 44.9 Å². The summed E-state index contributed by atoms with van der Waals surface area (Å²) in [6.07, 6.45) is 1.82. The zero-order chi connectivity index (χ0) is 22.4. The molecule has 5 heteroatoms. The first kappa shape index (κ1) is 19.3. The molecule has 0 radical (unpaired) electrons. The number of aromatic nitrogens is 4. The molecule has 0 aliphatic heterocycles. The van der Waals surface area contributed by atoms with Gasteiger partial charge in [0.1, 0.15) is 17.3 Å². The Morgan fingerprint density at radius 2 is 1.52 bits per heavy atom. The molecular weight excluding hydrogens is 408 g/mol. The standard InChI is InChI=1S/C28H22N4O/c1-19-16-20(2)32(30-19)21-8-7-9-22(17-21)33-23-13-14-25-24-10-3-4-11-26(24)31(27(25)18-23)28-12-5-6-15-29-28/h3-18H,1-2H3. The molecule has 0 amide bonds. The molecular formula is C28H22N4O. The van der Waals surface area contributed by atoms with E-state index in [0.29, 0.717) is 0 Å². The number of hydrogen-bond acceptors (Lipinski definition) is 3. The van der Waals surface area contributed by atoms with Gasteiger partial charge >= 0.3 is 0 Å². The molecule has 3 heterocycles. The fourth-order valence-electron chi connectivity index (χ4n) is 4.45. The van der Waals surface area contributed by atoms with E-state index in [-0.39, 0.29) is 0 Å². The lowest BCUT2D eigenvalue weighted by molar-refractivity contribution is 0.483. The largest absolute Gasteiger partial charge is 0.457 e. The molecule has 0 aliphatic rings. The van der Waals surface area contributed by atoms with E-state index in [2.05, 4.69) is 64.0 Å². The Labute approximate surface area is 191 Å². The van der Waals surface area contributed by atoms with Gasteiger partial charge in [-0.25, -0.2) is 9.67 Å². The van der Waals surface area contributed by atoms with E-state index in [9.17, 15) is 0 Å². The van der Waals surface area contributed by atoms with Gasteiger partial charge in [-0.1, -0.05) is 30.3 Å². The van der Waals surface area contributed by atoms with Gasteiger partial charge in [0.05, 0.1) is 22.4 Å². The maximum absolute atomic E-state index is 6.31. The summed E-state index contributed by atoms with van der Waals surface area (Å²) in [6, 6.07) is 30.7. The van der Waals surface area contributed by atoms with Gasteiger partial charge in [-0.05, 0) is 62.4 Å². The molecule has 0 atom stereocenters. The molecule has 5 nitrogen and oxygen atoms in total. The second kappa shape index (κ2) is 7.64. The maximum Gasteiger partial charge on any atom is 0.137 e. The summed E-state index contributed by atoms with van der Waals surface area (Å²) in [6.45, 7) is 4.05. The highest BCUT2D eigenvalue weighted by Crippen LogP contribution is 2.35. The van der Waals surface area contributed by atoms with E-state index in [1.165, 1.54) is 10.8 Å². The SMILES string of the molecule is Cc1cc(C)n(-c2cccc(Oc3ccc4c5ccccc5n(-c5ccccn5)c4c3)c2)n1. The van der Waals surface area contributed by atoms with Crippen LogP contribution in [0.15, 0.2) is 97.2 Å². The van der Waals surface area contributed by atoms with Gasteiger partial charge in [0.2, 0.25) is 0 Å². The lowest BCUT2D eigenvalue weighted by atomic mass is 10.1.